The number of anilines is 2. The minimum Gasteiger partial charge on any atom is -0.350 e. The first-order chi connectivity index (χ1) is 20.6. The number of carbonyl (C=O) groups excluding carboxylic acids is 4. The van der Waals surface area contributed by atoms with E-state index < -0.39 is 11.8 Å². The molecule has 0 aliphatic carbocycles. The SMILES string of the molecule is CN(C)C/C=C/C(=O)Nc1ccc(C(=O)N2CCCC(CNC(=O)c3n[nH]cc3NC(=O)c3c(Cl)cccc3Cl)C2)cc1. The Balaban J connectivity index is 1.29. The van der Waals surface area contributed by atoms with Crippen LogP contribution < -0.4 is 16.0 Å². The molecular formula is C30H33Cl2N7O4. The van der Waals surface area contributed by atoms with Crippen LogP contribution >= 0.6 is 23.2 Å². The van der Waals surface area contributed by atoms with Crippen molar-refractivity contribution in [3.05, 3.63) is 87.7 Å². The molecule has 0 bridgehead atoms. The summed E-state index contributed by atoms with van der Waals surface area (Å²) < 4.78 is 0. The second-order valence-corrected chi connectivity index (χ2v) is 11.2. The van der Waals surface area contributed by atoms with Gasteiger partial charge in [-0.3, -0.25) is 24.3 Å². The predicted molar refractivity (Wildman–Crippen MR) is 167 cm³/mol. The Hall–Kier alpha value is -4.19. The van der Waals surface area contributed by atoms with Gasteiger partial charge >= 0.3 is 0 Å². The zero-order chi connectivity index (χ0) is 30.9. The first kappa shape index (κ1) is 31.7. The van der Waals surface area contributed by atoms with Gasteiger partial charge in [0.05, 0.1) is 21.3 Å². The summed E-state index contributed by atoms with van der Waals surface area (Å²) in [5.74, 6) is -1.36. The van der Waals surface area contributed by atoms with E-state index in [1.807, 2.05) is 19.0 Å². The molecule has 0 radical (unpaired) electrons. The summed E-state index contributed by atoms with van der Waals surface area (Å²) >= 11 is 12.3. The number of hydrogen-bond acceptors (Lipinski definition) is 6. The van der Waals surface area contributed by atoms with E-state index in [2.05, 4.69) is 26.1 Å². The average molecular weight is 627 g/mol. The van der Waals surface area contributed by atoms with E-state index in [9.17, 15) is 19.2 Å². The second-order valence-electron chi connectivity index (χ2n) is 10.4. The molecule has 4 amide bonds. The zero-order valence-corrected chi connectivity index (χ0v) is 25.3. The fourth-order valence-corrected chi connectivity index (χ4v) is 5.20. The number of amides is 4. The Morgan fingerprint density at radius 3 is 2.47 bits per heavy atom. The molecule has 1 unspecified atom stereocenters. The average Bonchev–Trinajstić information content (AvgIpc) is 3.44. The van der Waals surface area contributed by atoms with Crippen molar-refractivity contribution in [1.82, 2.24) is 25.3 Å². The highest BCUT2D eigenvalue weighted by Gasteiger charge is 2.26. The fraction of sp³-hybridized carbons (Fsp3) is 0.300. The molecule has 2 aromatic carbocycles. The van der Waals surface area contributed by atoms with Gasteiger partial charge in [-0.05, 0) is 69.3 Å². The molecule has 1 fully saturated rings. The number of benzene rings is 2. The summed E-state index contributed by atoms with van der Waals surface area (Å²) in [5, 5.41) is 15.2. The molecular weight excluding hydrogens is 593 g/mol. The Kier molecular flexibility index (Phi) is 10.9. The van der Waals surface area contributed by atoms with Crippen molar-refractivity contribution in [1.29, 1.82) is 0 Å². The van der Waals surface area contributed by atoms with Crippen molar-refractivity contribution < 1.29 is 19.2 Å². The summed E-state index contributed by atoms with van der Waals surface area (Å²) in [4.78, 5) is 54.7. The van der Waals surface area contributed by atoms with Crippen LogP contribution in [0.2, 0.25) is 10.0 Å². The molecule has 11 nitrogen and oxygen atoms in total. The Bertz CT molecular complexity index is 1480. The Morgan fingerprint density at radius 1 is 1.05 bits per heavy atom. The minimum atomic E-state index is -0.570. The smallest absolute Gasteiger partial charge is 0.273 e. The quantitative estimate of drug-likeness (QED) is 0.248. The van der Waals surface area contributed by atoms with Gasteiger partial charge in [-0.15, -0.1) is 0 Å². The summed E-state index contributed by atoms with van der Waals surface area (Å²) in [6.45, 7) is 2.07. The number of rotatable bonds is 10. The number of aromatic amines is 1. The number of likely N-dealkylation sites (tertiary alicyclic amines) is 1. The molecule has 3 aromatic rings. The lowest BCUT2D eigenvalue weighted by Gasteiger charge is -2.33. The van der Waals surface area contributed by atoms with Gasteiger partial charge in [-0.2, -0.15) is 5.10 Å². The molecule has 1 saturated heterocycles. The molecule has 43 heavy (non-hydrogen) atoms. The molecule has 4 N–H and O–H groups in total. The maximum absolute atomic E-state index is 13.2. The molecule has 13 heteroatoms. The van der Waals surface area contributed by atoms with Crippen LogP contribution in [-0.2, 0) is 4.79 Å². The van der Waals surface area contributed by atoms with Crippen LogP contribution in [0.25, 0.3) is 0 Å². The molecule has 1 atom stereocenters. The standard InChI is InChI=1S/C30H33Cl2N7O4/c1-38(2)14-5-9-25(40)35-21-12-10-20(11-13-21)30(43)39-15-4-6-19(18-39)16-33-29(42)27-24(17-34-37-27)36-28(41)26-22(31)7-3-8-23(26)32/h3,5,7-13,17,19H,4,6,14-16,18H2,1-2H3,(H,33,42)(H,34,37)(H,35,40)(H,36,41)/b9-5+. The molecule has 1 aromatic heterocycles. The van der Waals surface area contributed by atoms with Crippen molar-refractivity contribution >= 4 is 58.2 Å². The monoisotopic (exact) mass is 625 g/mol. The van der Waals surface area contributed by atoms with Gasteiger partial charge in [0, 0.05) is 49.7 Å². The van der Waals surface area contributed by atoms with Gasteiger partial charge in [-0.25, -0.2) is 0 Å². The third kappa shape index (κ3) is 8.66. The number of piperidine rings is 1. The zero-order valence-electron chi connectivity index (χ0n) is 23.8. The van der Waals surface area contributed by atoms with E-state index in [0.29, 0.717) is 37.4 Å². The Labute approximate surface area is 259 Å². The highest BCUT2D eigenvalue weighted by Crippen LogP contribution is 2.26. The highest BCUT2D eigenvalue weighted by molar-refractivity contribution is 6.40. The summed E-state index contributed by atoms with van der Waals surface area (Å²) in [5.41, 5.74) is 1.40. The van der Waals surface area contributed by atoms with E-state index in [1.165, 1.54) is 12.3 Å². The number of likely N-dealkylation sites (N-methyl/N-ethyl adjacent to an activating group) is 1. The Morgan fingerprint density at radius 2 is 1.77 bits per heavy atom. The van der Waals surface area contributed by atoms with E-state index in [-0.39, 0.29) is 44.7 Å². The van der Waals surface area contributed by atoms with Crippen LogP contribution in [0.15, 0.2) is 60.8 Å². The molecule has 2 heterocycles. The lowest BCUT2D eigenvalue weighted by atomic mass is 9.97. The van der Waals surface area contributed by atoms with E-state index in [1.54, 1.807) is 53.4 Å². The van der Waals surface area contributed by atoms with Crippen molar-refractivity contribution in [3.63, 3.8) is 0 Å². The molecule has 0 spiro atoms. The summed E-state index contributed by atoms with van der Waals surface area (Å²) in [6.07, 6.45) is 6.28. The van der Waals surface area contributed by atoms with Crippen LogP contribution in [0.5, 0.6) is 0 Å². The summed E-state index contributed by atoms with van der Waals surface area (Å²) in [6, 6.07) is 11.5. The van der Waals surface area contributed by atoms with Gasteiger partial charge in [0.1, 0.15) is 0 Å². The van der Waals surface area contributed by atoms with Gasteiger partial charge in [-0.1, -0.05) is 35.3 Å². The third-order valence-corrected chi connectivity index (χ3v) is 7.42. The van der Waals surface area contributed by atoms with Gasteiger partial charge in [0.2, 0.25) is 5.91 Å². The number of H-pyrrole nitrogens is 1. The third-order valence-electron chi connectivity index (χ3n) is 6.79. The number of halogens is 2. The maximum Gasteiger partial charge on any atom is 0.273 e. The molecule has 1 aliphatic rings. The largest absolute Gasteiger partial charge is 0.350 e. The van der Waals surface area contributed by atoms with Crippen molar-refractivity contribution in [2.24, 2.45) is 5.92 Å². The van der Waals surface area contributed by atoms with Crippen LogP contribution in [-0.4, -0.2) is 83.9 Å². The number of nitrogens with zero attached hydrogens (tertiary/aromatic N) is 3. The molecule has 226 valence electrons. The number of aromatic nitrogens is 2. The van der Waals surface area contributed by atoms with Crippen molar-refractivity contribution in [2.45, 2.75) is 12.8 Å². The van der Waals surface area contributed by atoms with E-state index in [4.69, 9.17) is 23.2 Å². The van der Waals surface area contributed by atoms with Crippen molar-refractivity contribution in [3.8, 4) is 0 Å². The lowest BCUT2D eigenvalue weighted by Crippen LogP contribution is -2.43. The number of hydrogen-bond donors (Lipinski definition) is 4. The highest BCUT2D eigenvalue weighted by atomic mass is 35.5. The van der Waals surface area contributed by atoms with Gasteiger partial charge in [0.25, 0.3) is 17.7 Å². The topological polar surface area (TPSA) is 140 Å². The summed E-state index contributed by atoms with van der Waals surface area (Å²) in [7, 11) is 3.83. The molecule has 1 aliphatic heterocycles. The first-order valence-corrected chi connectivity index (χ1v) is 14.5. The lowest BCUT2D eigenvalue weighted by molar-refractivity contribution is -0.111. The fourth-order valence-electron chi connectivity index (χ4n) is 4.63. The predicted octanol–water partition coefficient (Wildman–Crippen LogP) is 4.31. The number of carbonyl (C=O) groups is 4. The van der Waals surface area contributed by atoms with Crippen LogP contribution in [0.3, 0.4) is 0 Å². The number of nitrogens with one attached hydrogen (secondary N) is 4. The van der Waals surface area contributed by atoms with Gasteiger partial charge < -0.3 is 25.8 Å². The molecule has 0 saturated carbocycles. The van der Waals surface area contributed by atoms with E-state index in [0.717, 1.165) is 12.8 Å². The normalized spacial score (nSPS) is 15.0. The van der Waals surface area contributed by atoms with E-state index >= 15 is 0 Å². The second kappa shape index (κ2) is 14.8. The van der Waals surface area contributed by atoms with Gasteiger partial charge in [0.15, 0.2) is 5.69 Å². The maximum atomic E-state index is 13.2. The molecule has 4 rings (SSSR count). The van der Waals surface area contributed by atoms with Crippen LogP contribution in [0, 0.1) is 5.92 Å². The first-order valence-electron chi connectivity index (χ1n) is 13.7. The van der Waals surface area contributed by atoms with Crippen molar-refractivity contribution in [2.75, 3.05) is 50.9 Å². The van der Waals surface area contributed by atoms with Crippen LogP contribution in [0.4, 0.5) is 11.4 Å². The minimum absolute atomic E-state index is 0.0145. The van der Waals surface area contributed by atoms with Crippen LogP contribution in [0.1, 0.15) is 44.0 Å².